The lowest BCUT2D eigenvalue weighted by atomic mass is 10.5. The molecule has 5 nitrogen and oxygen atoms in total. The Balaban J connectivity index is 4.81. The highest BCUT2D eigenvalue weighted by Gasteiger charge is 2.29. The van der Waals surface area contributed by atoms with Gasteiger partial charge in [0.15, 0.2) is 0 Å². The fourth-order valence-corrected chi connectivity index (χ4v) is 5.31. The first-order valence-electron chi connectivity index (χ1n) is 6.20. The molecule has 0 rings (SSSR count). The van der Waals surface area contributed by atoms with Crippen molar-refractivity contribution in [1.82, 2.24) is 0 Å². The second kappa shape index (κ2) is 8.80. The maximum absolute atomic E-state index is 12.5. The molecule has 0 aromatic heterocycles. The molecule has 0 radical (unpaired) electrons. The molecule has 0 N–H and O–H groups in total. The zero-order chi connectivity index (χ0) is 15.1. The molecule has 0 bridgehead atoms. The van der Waals surface area contributed by atoms with Gasteiger partial charge < -0.3 is 4.74 Å². The summed E-state index contributed by atoms with van der Waals surface area (Å²) in [4.78, 5) is 11.8. The van der Waals surface area contributed by atoms with Gasteiger partial charge in [-0.25, -0.2) is 9.36 Å². The van der Waals surface area contributed by atoms with Gasteiger partial charge in [-0.3, -0.25) is 9.05 Å². The Kier molecular flexibility index (Phi) is 8.66. The van der Waals surface area contributed by atoms with E-state index in [2.05, 4.69) is 0 Å². The van der Waals surface area contributed by atoms with Gasteiger partial charge in [0.1, 0.15) is 0 Å². The van der Waals surface area contributed by atoms with Gasteiger partial charge in [-0.2, -0.15) is 0 Å². The summed E-state index contributed by atoms with van der Waals surface area (Å²) >= 11 is 0.929. The summed E-state index contributed by atoms with van der Waals surface area (Å²) in [7, 11) is 0. The number of allylic oxidation sites excluding steroid dienone is 1. The lowest BCUT2D eigenvalue weighted by Gasteiger charge is -2.21. The largest absolute Gasteiger partial charge is 0.463 e. The monoisotopic (exact) mass is 310 g/mol. The summed E-state index contributed by atoms with van der Waals surface area (Å²) in [6.45, 7) is 7.49. The van der Waals surface area contributed by atoms with Crippen LogP contribution in [0.1, 0.15) is 41.5 Å². The minimum absolute atomic E-state index is 0.229. The van der Waals surface area contributed by atoms with E-state index in [1.807, 2.05) is 0 Å². The molecule has 19 heavy (non-hydrogen) atoms. The van der Waals surface area contributed by atoms with E-state index in [0.29, 0.717) is 11.5 Å². The molecule has 0 spiro atoms. The fraction of sp³-hybridized carbons (Fsp3) is 0.750. The number of hydrogen-bond donors (Lipinski definition) is 0. The first-order chi connectivity index (χ1) is 8.68. The minimum Gasteiger partial charge on any atom is -0.463 e. The van der Waals surface area contributed by atoms with Crippen LogP contribution in [0.15, 0.2) is 11.0 Å². The zero-order valence-corrected chi connectivity index (χ0v) is 14.0. The van der Waals surface area contributed by atoms with E-state index in [1.54, 1.807) is 41.5 Å². The third-order valence-corrected chi connectivity index (χ3v) is 5.58. The van der Waals surface area contributed by atoms with Crippen LogP contribution >= 0.6 is 18.2 Å². The van der Waals surface area contributed by atoms with Crippen molar-refractivity contribution in [3.63, 3.8) is 0 Å². The van der Waals surface area contributed by atoms with Crippen molar-refractivity contribution in [3.8, 4) is 0 Å². The Hall–Kier alpha value is -0.290. The molecular formula is C12H23O5PS. The smallest absolute Gasteiger partial charge is 0.394 e. The number of esters is 1. The maximum Gasteiger partial charge on any atom is 0.394 e. The Morgan fingerprint density at radius 1 is 1.21 bits per heavy atom. The lowest BCUT2D eigenvalue weighted by molar-refractivity contribution is -0.137. The average molecular weight is 310 g/mol. The second-order valence-corrected chi connectivity index (χ2v) is 8.39. The highest BCUT2D eigenvalue weighted by molar-refractivity contribution is 8.57. The van der Waals surface area contributed by atoms with E-state index in [1.165, 1.54) is 6.08 Å². The molecule has 7 heteroatoms. The van der Waals surface area contributed by atoms with Crippen LogP contribution in [-0.4, -0.2) is 24.8 Å². The quantitative estimate of drug-likeness (QED) is 0.381. The van der Waals surface area contributed by atoms with Gasteiger partial charge in [-0.05, 0) is 52.9 Å². The molecule has 112 valence electrons. The zero-order valence-electron chi connectivity index (χ0n) is 12.3. The lowest BCUT2D eigenvalue weighted by Crippen LogP contribution is -2.06. The van der Waals surface area contributed by atoms with Gasteiger partial charge in [0, 0.05) is 11.0 Å². The summed E-state index contributed by atoms with van der Waals surface area (Å²) in [5.41, 5.74) is 0. The van der Waals surface area contributed by atoms with E-state index in [9.17, 15) is 9.36 Å². The first kappa shape index (κ1) is 18.7. The van der Waals surface area contributed by atoms with E-state index in [0.717, 1.165) is 11.4 Å². The molecular weight excluding hydrogens is 287 g/mol. The van der Waals surface area contributed by atoms with Gasteiger partial charge in [0.05, 0.1) is 18.8 Å². The number of ether oxygens (including phenoxy) is 1. The van der Waals surface area contributed by atoms with Crippen LogP contribution < -0.4 is 0 Å². The molecule has 0 amide bonds. The summed E-state index contributed by atoms with van der Waals surface area (Å²) in [5, 5.41) is 0. The Bertz CT molecular complexity index is 351. The Morgan fingerprint density at radius 2 is 1.68 bits per heavy atom. The highest BCUT2D eigenvalue weighted by atomic mass is 32.7. The standard InChI is InChI=1S/C12H23O5PS/c1-7-15-12(13)8-11(6)19-18(14,16-9(2)3)17-10(4)5/h8-10H,7H2,1-6H3. The molecule has 0 aliphatic heterocycles. The summed E-state index contributed by atoms with van der Waals surface area (Å²) in [5.74, 6) is -0.465. The van der Waals surface area contributed by atoms with Gasteiger partial charge in [0.25, 0.3) is 0 Å². The SMILES string of the molecule is CCOC(=O)C=C(C)SP(=O)(OC(C)C)OC(C)C. The van der Waals surface area contributed by atoms with Gasteiger partial charge >= 0.3 is 12.8 Å². The molecule has 0 heterocycles. The van der Waals surface area contributed by atoms with Crippen molar-refractivity contribution in [2.75, 3.05) is 6.61 Å². The molecule has 0 aromatic carbocycles. The number of hydrogen-bond acceptors (Lipinski definition) is 6. The average Bonchev–Trinajstić information content (AvgIpc) is 2.12. The molecule has 0 saturated heterocycles. The van der Waals surface area contributed by atoms with E-state index >= 15 is 0 Å². The Morgan fingerprint density at radius 3 is 2.05 bits per heavy atom. The summed E-state index contributed by atoms with van der Waals surface area (Å²) in [6.07, 6.45) is 0.828. The molecule has 0 saturated carbocycles. The third-order valence-electron chi connectivity index (χ3n) is 1.54. The molecule has 0 aliphatic rings. The first-order valence-corrected chi connectivity index (χ1v) is 9.16. The highest BCUT2D eigenvalue weighted by Crippen LogP contribution is 2.64. The van der Waals surface area contributed by atoms with E-state index in [-0.39, 0.29) is 12.2 Å². The maximum atomic E-state index is 12.5. The van der Waals surface area contributed by atoms with Crippen LogP contribution in [0.5, 0.6) is 0 Å². The van der Waals surface area contributed by atoms with Crippen LogP contribution in [-0.2, 0) is 23.1 Å². The number of carbonyl (C=O) groups is 1. The summed E-state index contributed by atoms with van der Waals surface area (Å²) < 4.78 is 28.0. The van der Waals surface area contributed by atoms with Crippen molar-refractivity contribution >= 4 is 24.1 Å². The van der Waals surface area contributed by atoms with Crippen LogP contribution in [0.3, 0.4) is 0 Å². The van der Waals surface area contributed by atoms with Crippen molar-refractivity contribution in [3.05, 3.63) is 11.0 Å². The van der Waals surface area contributed by atoms with Crippen molar-refractivity contribution in [2.45, 2.75) is 53.8 Å². The normalized spacial score (nSPS) is 13.2. The van der Waals surface area contributed by atoms with Crippen LogP contribution in [0, 0.1) is 0 Å². The van der Waals surface area contributed by atoms with Crippen molar-refractivity contribution in [1.29, 1.82) is 0 Å². The van der Waals surface area contributed by atoms with E-state index < -0.39 is 12.8 Å². The van der Waals surface area contributed by atoms with Gasteiger partial charge in [-0.15, -0.1) is 0 Å². The van der Waals surface area contributed by atoms with Gasteiger partial charge in [-0.1, -0.05) is 0 Å². The predicted octanol–water partition coefficient (Wildman–Crippen LogP) is 4.14. The molecule has 0 aromatic rings. The van der Waals surface area contributed by atoms with Crippen LogP contribution in [0.25, 0.3) is 0 Å². The van der Waals surface area contributed by atoms with Crippen molar-refractivity contribution < 1.29 is 23.1 Å². The second-order valence-electron chi connectivity index (χ2n) is 4.35. The van der Waals surface area contributed by atoms with Gasteiger partial charge in [0.2, 0.25) is 0 Å². The fourth-order valence-electron chi connectivity index (χ4n) is 1.14. The Labute approximate surface area is 119 Å². The van der Waals surface area contributed by atoms with E-state index in [4.69, 9.17) is 13.8 Å². The topological polar surface area (TPSA) is 61.8 Å². The summed E-state index contributed by atoms with van der Waals surface area (Å²) in [6, 6.07) is 0. The van der Waals surface area contributed by atoms with Crippen molar-refractivity contribution in [2.24, 2.45) is 0 Å². The number of rotatable bonds is 8. The third kappa shape index (κ3) is 9.27. The molecule has 0 atom stereocenters. The minimum atomic E-state index is -3.32. The molecule has 0 aliphatic carbocycles. The number of carbonyl (C=O) groups excluding carboxylic acids is 1. The molecule has 0 fully saturated rings. The predicted molar refractivity (Wildman–Crippen MR) is 78.0 cm³/mol. The molecule has 0 unspecified atom stereocenters. The van der Waals surface area contributed by atoms with Crippen LogP contribution in [0.4, 0.5) is 0 Å². The van der Waals surface area contributed by atoms with Crippen LogP contribution in [0.2, 0.25) is 0 Å².